The molecule has 0 fully saturated rings. The van der Waals surface area contributed by atoms with Crippen LogP contribution in [0.2, 0.25) is 0 Å². The summed E-state index contributed by atoms with van der Waals surface area (Å²) in [4.78, 5) is 0. The normalized spacial score (nSPS) is 14.1. The summed E-state index contributed by atoms with van der Waals surface area (Å²) in [5.74, 6) is 0.512. The van der Waals surface area contributed by atoms with E-state index in [0.717, 1.165) is 25.9 Å². The van der Waals surface area contributed by atoms with Crippen molar-refractivity contribution in [2.75, 3.05) is 24.6 Å². The lowest BCUT2D eigenvalue weighted by Gasteiger charge is -2.09. The predicted octanol–water partition coefficient (Wildman–Crippen LogP) is 1.81. The summed E-state index contributed by atoms with van der Waals surface area (Å²) in [6.07, 6.45) is 2.76. The van der Waals surface area contributed by atoms with Gasteiger partial charge in [0.2, 0.25) is 0 Å². The number of halogens is 1. The van der Waals surface area contributed by atoms with Gasteiger partial charge in [0.25, 0.3) is 0 Å². The molecule has 0 saturated heterocycles. The SMILES string of the molecule is CCCC(Cl)CNCCCS(=O)(=O)CC. The van der Waals surface area contributed by atoms with Gasteiger partial charge in [-0.15, -0.1) is 11.6 Å². The van der Waals surface area contributed by atoms with Crippen LogP contribution >= 0.6 is 11.6 Å². The zero-order valence-corrected chi connectivity index (χ0v) is 11.2. The number of sulfone groups is 1. The van der Waals surface area contributed by atoms with Crippen LogP contribution in [0.3, 0.4) is 0 Å². The largest absolute Gasteiger partial charge is 0.315 e. The molecule has 0 aliphatic carbocycles. The Kier molecular flexibility index (Phi) is 8.47. The number of nitrogens with one attached hydrogen (secondary N) is 1. The van der Waals surface area contributed by atoms with E-state index in [0.29, 0.717) is 6.42 Å². The molecule has 0 rings (SSSR count). The maximum absolute atomic E-state index is 11.1. The highest BCUT2D eigenvalue weighted by molar-refractivity contribution is 7.91. The van der Waals surface area contributed by atoms with Crippen molar-refractivity contribution in [3.05, 3.63) is 0 Å². The smallest absolute Gasteiger partial charge is 0.150 e. The van der Waals surface area contributed by atoms with Gasteiger partial charge in [0.15, 0.2) is 0 Å². The highest BCUT2D eigenvalue weighted by Crippen LogP contribution is 2.02. The van der Waals surface area contributed by atoms with Crippen LogP contribution in [0.25, 0.3) is 0 Å². The average Bonchev–Trinajstić information content (AvgIpc) is 2.17. The van der Waals surface area contributed by atoms with Crippen molar-refractivity contribution in [2.45, 2.75) is 38.5 Å². The maximum Gasteiger partial charge on any atom is 0.150 e. The fourth-order valence-corrected chi connectivity index (χ4v) is 2.44. The Bertz CT molecular complexity index is 242. The summed E-state index contributed by atoms with van der Waals surface area (Å²) >= 11 is 6.00. The highest BCUT2D eigenvalue weighted by Gasteiger charge is 2.06. The molecule has 0 aliphatic rings. The molecule has 0 spiro atoms. The lowest BCUT2D eigenvalue weighted by Crippen LogP contribution is -2.25. The fourth-order valence-electron chi connectivity index (χ4n) is 1.24. The fraction of sp³-hybridized carbons (Fsp3) is 1.00. The monoisotopic (exact) mass is 255 g/mol. The molecule has 0 aromatic heterocycles. The van der Waals surface area contributed by atoms with Gasteiger partial charge in [-0.2, -0.15) is 0 Å². The van der Waals surface area contributed by atoms with Gasteiger partial charge in [-0.1, -0.05) is 20.3 Å². The Hall–Kier alpha value is 0.200. The van der Waals surface area contributed by atoms with E-state index < -0.39 is 9.84 Å². The molecular formula is C10H22ClNO2S. The molecule has 3 nitrogen and oxygen atoms in total. The van der Waals surface area contributed by atoms with E-state index in [4.69, 9.17) is 11.6 Å². The van der Waals surface area contributed by atoms with Crippen molar-refractivity contribution in [3.63, 3.8) is 0 Å². The molecule has 5 heteroatoms. The first-order chi connectivity index (χ1) is 7.02. The van der Waals surface area contributed by atoms with Crippen LogP contribution in [0.4, 0.5) is 0 Å². The third-order valence-corrected chi connectivity index (χ3v) is 4.38. The molecule has 0 amide bonds. The van der Waals surface area contributed by atoms with Crippen molar-refractivity contribution >= 4 is 21.4 Å². The van der Waals surface area contributed by atoms with Gasteiger partial charge in [0, 0.05) is 17.7 Å². The number of hydrogen-bond donors (Lipinski definition) is 1. The van der Waals surface area contributed by atoms with Gasteiger partial charge in [-0.05, 0) is 19.4 Å². The van der Waals surface area contributed by atoms with Crippen molar-refractivity contribution in [2.24, 2.45) is 0 Å². The van der Waals surface area contributed by atoms with E-state index >= 15 is 0 Å². The van der Waals surface area contributed by atoms with Crippen LogP contribution in [0, 0.1) is 0 Å². The van der Waals surface area contributed by atoms with Crippen molar-refractivity contribution in [1.82, 2.24) is 5.32 Å². The lowest BCUT2D eigenvalue weighted by molar-refractivity contribution is 0.585. The van der Waals surface area contributed by atoms with E-state index in [2.05, 4.69) is 12.2 Å². The van der Waals surface area contributed by atoms with E-state index in [-0.39, 0.29) is 16.9 Å². The molecule has 0 aromatic rings. The van der Waals surface area contributed by atoms with Gasteiger partial charge < -0.3 is 5.32 Å². The first-order valence-electron chi connectivity index (χ1n) is 5.57. The Morgan fingerprint density at radius 1 is 1.33 bits per heavy atom. The second-order valence-electron chi connectivity index (χ2n) is 3.68. The third-order valence-electron chi connectivity index (χ3n) is 2.22. The molecule has 0 saturated carbocycles. The van der Waals surface area contributed by atoms with Crippen LogP contribution in [0.1, 0.15) is 33.1 Å². The van der Waals surface area contributed by atoms with Gasteiger partial charge in [-0.25, -0.2) is 8.42 Å². The summed E-state index contributed by atoms with van der Waals surface area (Å²) in [5.41, 5.74) is 0. The molecule has 0 heterocycles. The third kappa shape index (κ3) is 9.15. The minimum Gasteiger partial charge on any atom is -0.315 e. The first kappa shape index (κ1) is 15.2. The van der Waals surface area contributed by atoms with E-state index in [1.165, 1.54) is 0 Å². The highest BCUT2D eigenvalue weighted by atomic mass is 35.5. The predicted molar refractivity (Wildman–Crippen MR) is 66.4 cm³/mol. The standard InChI is InChI=1S/C10H22ClNO2S/c1-3-6-10(11)9-12-7-5-8-15(13,14)4-2/h10,12H,3-9H2,1-2H3. The second-order valence-corrected chi connectivity index (χ2v) is 6.77. The second kappa shape index (κ2) is 8.36. The van der Waals surface area contributed by atoms with Crippen molar-refractivity contribution in [3.8, 4) is 0 Å². The molecule has 0 bridgehead atoms. The van der Waals surface area contributed by atoms with Gasteiger partial charge in [0.05, 0.1) is 5.75 Å². The maximum atomic E-state index is 11.1. The van der Waals surface area contributed by atoms with Gasteiger partial charge in [0.1, 0.15) is 9.84 Å². The number of alkyl halides is 1. The van der Waals surface area contributed by atoms with Crippen LogP contribution in [0.15, 0.2) is 0 Å². The van der Waals surface area contributed by atoms with Crippen LogP contribution in [-0.4, -0.2) is 38.4 Å². The molecule has 1 unspecified atom stereocenters. The summed E-state index contributed by atoms with van der Waals surface area (Å²) in [6, 6.07) is 0. The van der Waals surface area contributed by atoms with Gasteiger partial charge in [-0.3, -0.25) is 0 Å². The summed E-state index contributed by atoms with van der Waals surface area (Å²) in [5, 5.41) is 3.33. The zero-order valence-electron chi connectivity index (χ0n) is 9.63. The van der Waals surface area contributed by atoms with Crippen molar-refractivity contribution in [1.29, 1.82) is 0 Å². The van der Waals surface area contributed by atoms with E-state index in [9.17, 15) is 8.42 Å². The lowest BCUT2D eigenvalue weighted by atomic mass is 10.2. The average molecular weight is 256 g/mol. The zero-order chi connectivity index (χ0) is 11.7. The summed E-state index contributed by atoms with van der Waals surface area (Å²) in [6.45, 7) is 5.27. The minimum absolute atomic E-state index is 0.165. The first-order valence-corrected chi connectivity index (χ1v) is 7.82. The molecule has 0 radical (unpaired) electrons. The quantitative estimate of drug-likeness (QED) is 0.505. The Balaban J connectivity index is 3.40. The van der Waals surface area contributed by atoms with Crippen molar-refractivity contribution < 1.29 is 8.42 Å². The van der Waals surface area contributed by atoms with Crippen LogP contribution < -0.4 is 5.32 Å². The van der Waals surface area contributed by atoms with E-state index in [1.54, 1.807) is 6.92 Å². The molecule has 0 aliphatic heterocycles. The number of rotatable bonds is 9. The Labute approximate surface area is 98.5 Å². The molecule has 0 aromatic carbocycles. The van der Waals surface area contributed by atoms with E-state index in [1.807, 2.05) is 0 Å². The number of hydrogen-bond acceptors (Lipinski definition) is 3. The molecule has 1 N–H and O–H groups in total. The summed E-state index contributed by atoms with van der Waals surface area (Å²) < 4.78 is 22.3. The topological polar surface area (TPSA) is 46.2 Å². The Morgan fingerprint density at radius 2 is 2.00 bits per heavy atom. The molecule has 1 atom stereocenters. The summed E-state index contributed by atoms with van der Waals surface area (Å²) in [7, 11) is -2.80. The molecular weight excluding hydrogens is 234 g/mol. The van der Waals surface area contributed by atoms with Crippen LogP contribution in [0.5, 0.6) is 0 Å². The van der Waals surface area contributed by atoms with Gasteiger partial charge >= 0.3 is 0 Å². The molecule has 92 valence electrons. The Morgan fingerprint density at radius 3 is 2.53 bits per heavy atom. The molecule has 15 heavy (non-hydrogen) atoms. The van der Waals surface area contributed by atoms with Crippen LogP contribution in [-0.2, 0) is 9.84 Å². The minimum atomic E-state index is -2.80.